The van der Waals surface area contributed by atoms with Gasteiger partial charge in [0.25, 0.3) is 0 Å². The van der Waals surface area contributed by atoms with Crippen molar-refractivity contribution < 1.29 is 9.53 Å². The lowest BCUT2D eigenvalue weighted by Crippen LogP contribution is -2.51. The van der Waals surface area contributed by atoms with Crippen LogP contribution in [0.15, 0.2) is 0 Å². The van der Waals surface area contributed by atoms with Gasteiger partial charge >= 0.3 is 5.97 Å². The Morgan fingerprint density at radius 2 is 1.75 bits per heavy atom. The lowest BCUT2D eigenvalue weighted by molar-refractivity contribution is -0.153. The third-order valence-electron chi connectivity index (χ3n) is 2.43. The van der Waals surface area contributed by atoms with Gasteiger partial charge in [-0.05, 0) is 31.7 Å². The molecule has 0 amide bonds. The van der Waals surface area contributed by atoms with Crippen LogP contribution in [0.1, 0.15) is 48.0 Å². The molecule has 1 N–H and O–H groups in total. The molecule has 1 unspecified atom stereocenters. The van der Waals surface area contributed by atoms with Crippen LogP contribution in [0.5, 0.6) is 0 Å². The van der Waals surface area contributed by atoms with E-state index >= 15 is 0 Å². The summed E-state index contributed by atoms with van der Waals surface area (Å²) in [6, 6.07) is 0. The molecule has 0 aromatic heterocycles. The zero-order valence-corrected chi connectivity index (χ0v) is 11.8. The highest BCUT2D eigenvalue weighted by atomic mass is 16.5. The predicted molar refractivity (Wildman–Crippen MR) is 67.3 cm³/mol. The van der Waals surface area contributed by atoms with Crippen molar-refractivity contribution >= 4 is 5.97 Å². The van der Waals surface area contributed by atoms with Gasteiger partial charge in [-0.15, -0.1) is 0 Å². The van der Waals surface area contributed by atoms with E-state index in [0.29, 0.717) is 12.5 Å². The SMILES string of the molecule is CNC(C)(CC(C)(C)C)C(=O)OCC(C)C. The van der Waals surface area contributed by atoms with E-state index in [2.05, 4.69) is 26.1 Å². The largest absolute Gasteiger partial charge is 0.464 e. The average Bonchev–Trinajstić information content (AvgIpc) is 2.11. The molecule has 1 atom stereocenters. The number of nitrogens with one attached hydrogen (secondary N) is 1. The molecular formula is C13H27NO2. The van der Waals surface area contributed by atoms with Crippen molar-refractivity contribution in [1.82, 2.24) is 5.32 Å². The second-order valence-corrected chi connectivity index (χ2v) is 6.31. The highest BCUT2D eigenvalue weighted by molar-refractivity contribution is 5.80. The zero-order chi connectivity index (χ0) is 13.0. The van der Waals surface area contributed by atoms with E-state index in [1.165, 1.54) is 0 Å². The summed E-state index contributed by atoms with van der Waals surface area (Å²) in [4.78, 5) is 12.0. The van der Waals surface area contributed by atoms with Crippen LogP contribution >= 0.6 is 0 Å². The maximum Gasteiger partial charge on any atom is 0.326 e. The molecule has 0 heterocycles. The topological polar surface area (TPSA) is 38.3 Å². The minimum atomic E-state index is -0.590. The quantitative estimate of drug-likeness (QED) is 0.736. The second-order valence-electron chi connectivity index (χ2n) is 6.31. The molecule has 0 radical (unpaired) electrons. The summed E-state index contributed by atoms with van der Waals surface area (Å²) in [5.74, 6) is 0.221. The summed E-state index contributed by atoms with van der Waals surface area (Å²) < 4.78 is 5.30. The molecule has 0 aliphatic rings. The normalized spacial score (nSPS) is 16.0. The molecule has 0 rings (SSSR count). The highest BCUT2D eigenvalue weighted by Crippen LogP contribution is 2.27. The molecule has 0 aromatic carbocycles. The molecule has 0 aliphatic heterocycles. The van der Waals surface area contributed by atoms with E-state index in [-0.39, 0.29) is 11.4 Å². The van der Waals surface area contributed by atoms with Crippen molar-refractivity contribution in [3.8, 4) is 0 Å². The highest BCUT2D eigenvalue weighted by Gasteiger charge is 2.37. The van der Waals surface area contributed by atoms with E-state index in [9.17, 15) is 4.79 Å². The van der Waals surface area contributed by atoms with Crippen LogP contribution in [-0.2, 0) is 9.53 Å². The first-order valence-electron chi connectivity index (χ1n) is 5.97. The minimum Gasteiger partial charge on any atom is -0.464 e. The van der Waals surface area contributed by atoms with E-state index in [1.54, 1.807) is 0 Å². The number of carbonyl (C=O) groups excluding carboxylic acids is 1. The van der Waals surface area contributed by atoms with Gasteiger partial charge in [-0.25, -0.2) is 0 Å². The van der Waals surface area contributed by atoms with Gasteiger partial charge < -0.3 is 10.1 Å². The molecule has 16 heavy (non-hydrogen) atoms. The molecule has 0 bridgehead atoms. The van der Waals surface area contributed by atoms with E-state index in [1.807, 2.05) is 27.8 Å². The zero-order valence-electron chi connectivity index (χ0n) is 11.8. The van der Waals surface area contributed by atoms with E-state index in [0.717, 1.165) is 6.42 Å². The molecule has 0 fully saturated rings. The smallest absolute Gasteiger partial charge is 0.326 e. The summed E-state index contributed by atoms with van der Waals surface area (Å²) in [5, 5.41) is 3.08. The van der Waals surface area contributed by atoms with Crippen LogP contribution in [0.2, 0.25) is 0 Å². The molecule has 96 valence electrons. The van der Waals surface area contributed by atoms with Crippen molar-refractivity contribution in [3.05, 3.63) is 0 Å². The Morgan fingerprint density at radius 3 is 2.06 bits per heavy atom. The summed E-state index contributed by atoms with van der Waals surface area (Å²) in [6.07, 6.45) is 0.757. The lowest BCUT2D eigenvalue weighted by Gasteiger charge is -2.33. The summed E-state index contributed by atoms with van der Waals surface area (Å²) >= 11 is 0. The number of esters is 1. The molecule has 0 spiro atoms. The first kappa shape index (κ1) is 15.4. The molecule has 0 saturated carbocycles. The van der Waals surface area contributed by atoms with Crippen molar-refractivity contribution in [2.75, 3.05) is 13.7 Å². The molecule has 0 aromatic rings. The van der Waals surface area contributed by atoms with Crippen LogP contribution < -0.4 is 5.32 Å². The summed E-state index contributed by atoms with van der Waals surface area (Å²) in [5.41, 5.74) is -0.498. The van der Waals surface area contributed by atoms with Crippen LogP contribution in [-0.4, -0.2) is 25.2 Å². The Hall–Kier alpha value is -0.570. The van der Waals surface area contributed by atoms with Crippen molar-refractivity contribution in [2.24, 2.45) is 11.3 Å². The van der Waals surface area contributed by atoms with Gasteiger partial charge in [0.05, 0.1) is 6.61 Å². The van der Waals surface area contributed by atoms with Gasteiger partial charge in [-0.2, -0.15) is 0 Å². The lowest BCUT2D eigenvalue weighted by atomic mass is 9.81. The summed E-state index contributed by atoms with van der Waals surface area (Å²) in [6.45, 7) is 12.8. The van der Waals surface area contributed by atoms with Gasteiger partial charge in [-0.1, -0.05) is 34.6 Å². The maximum atomic E-state index is 12.0. The Labute approximate surface area is 99.9 Å². The Morgan fingerprint density at radius 1 is 1.25 bits per heavy atom. The number of carbonyl (C=O) groups is 1. The van der Waals surface area contributed by atoms with Crippen LogP contribution in [0, 0.1) is 11.3 Å². The van der Waals surface area contributed by atoms with Gasteiger partial charge in [0.2, 0.25) is 0 Å². The average molecular weight is 229 g/mol. The third-order valence-corrected chi connectivity index (χ3v) is 2.43. The number of rotatable bonds is 5. The van der Waals surface area contributed by atoms with Gasteiger partial charge in [0, 0.05) is 0 Å². The number of ether oxygens (including phenoxy) is 1. The molecule has 3 nitrogen and oxygen atoms in total. The molecule has 3 heteroatoms. The molecule has 0 saturated heterocycles. The second kappa shape index (κ2) is 5.67. The molecule has 0 aliphatic carbocycles. The van der Waals surface area contributed by atoms with Crippen molar-refractivity contribution in [2.45, 2.75) is 53.5 Å². The Balaban J connectivity index is 4.50. The number of likely N-dealkylation sites (N-methyl/N-ethyl adjacent to an activating group) is 1. The predicted octanol–water partition coefficient (Wildman–Crippen LogP) is 2.60. The van der Waals surface area contributed by atoms with E-state index < -0.39 is 5.54 Å². The van der Waals surface area contributed by atoms with Gasteiger partial charge in [0.15, 0.2) is 0 Å². The summed E-state index contributed by atoms with van der Waals surface area (Å²) in [7, 11) is 1.81. The maximum absolute atomic E-state index is 12.0. The standard InChI is InChI=1S/C13H27NO2/c1-10(2)8-16-11(15)13(6,14-7)9-12(3,4)5/h10,14H,8-9H2,1-7H3. The fraction of sp³-hybridized carbons (Fsp3) is 0.923. The fourth-order valence-corrected chi connectivity index (χ4v) is 1.72. The number of hydrogen-bond donors (Lipinski definition) is 1. The molecular weight excluding hydrogens is 202 g/mol. The van der Waals surface area contributed by atoms with Crippen LogP contribution in [0.3, 0.4) is 0 Å². The first-order valence-corrected chi connectivity index (χ1v) is 5.97. The van der Waals surface area contributed by atoms with Crippen molar-refractivity contribution in [3.63, 3.8) is 0 Å². The number of hydrogen-bond acceptors (Lipinski definition) is 3. The minimum absolute atomic E-state index is 0.0919. The Bertz CT molecular complexity index is 231. The third kappa shape index (κ3) is 5.50. The van der Waals surface area contributed by atoms with Crippen LogP contribution in [0.4, 0.5) is 0 Å². The van der Waals surface area contributed by atoms with E-state index in [4.69, 9.17) is 4.74 Å². The van der Waals surface area contributed by atoms with Crippen LogP contribution in [0.25, 0.3) is 0 Å². The first-order chi connectivity index (χ1) is 7.10. The fourth-order valence-electron chi connectivity index (χ4n) is 1.72. The van der Waals surface area contributed by atoms with Gasteiger partial charge in [0.1, 0.15) is 5.54 Å². The Kier molecular flexibility index (Phi) is 5.47. The van der Waals surface area contributed by atoms with Crippen molar-refractivity contribution in [1.29, 1.82) is 0 Å². The monoisotopic (exact) mass is 229 g/mol. The van der Waals surface area contributed by atoms with Gasteiger partial charge in [-0.3, -0.25) is 4.79 Å².